The van der Waals surface area contributed by atoms with Crippen molar-refractivity contribution in [3.05, 3.63) is 60.8 Å². The van der Waals surface area contributed by atoms with Gasteiger partial charge in [0.25, 0.3) is 0 Å². The van der Waals surface area contributed by atoms with Gasteiger partial charge in [-0.2, -0.15) is 4.98 Å². The van der Waals surface area contributed by atoms with Gasteiger partial charge >= 0.3 is 0 Å². The van der Waals surface area contributed by atoms with Crippen LogP contribution in [-0.2, 0) is 4.74 Å². The van der Waals surface area contributed by atoms with Crippen molar-refractivity contribution in [2.45, 2.75) is 0 Å². The maximum atomic E-state index is 12.0. The number of benzene rings is 1. The van der Waals surface area contributed by atoms with E-state index in [1.54, 1.807) is 0 Å². The van der Waals surface area contributed by atoms with Gasteiger partial charge in [0.05, 0.1) is 18.7 Å². The molecule has 0 saturated heterocycles. The first-order chi connectivity index (χ1) is 12.8. The normalized spacial score (nSPS) is 11.3. The van der Waals surface area contributed by atoms with E-state index in [1.165, 1.54) is 0 Å². The molecule has 0 aliphatic carbocycles. The van der Waals surface area contributed by atoms with Gasteiger partial charge in [-0.3, -0.25) is 4.57 Å². The number of hydrogen-bond acceptors (Lipinski definition) is 4. The van der Waals surface area contributed by atoms with Crippen LogP contribution in [0.2, 0.25) is 0 Å². The smallest absolute Gasteiger partial charge is 0.215 e. The Hall–Kier alpha value is -2.99. The molecule has 4 rings (SSSR count). The minimum Gasteiger partial charge on any atom is -0.475 e. The van der Waals surface area contributed by atoms with E-state index in [9.17, 15) is 4.39 Å². The average molecular weight is 351 g/mol. The lowest BCUT2D eigenvalue weighted by Gasteiger charge is -2.08. The molecular formula is C20H18FN3O2. The highest BCUT2D eigenvalue weighted by Gasteiger charge is 2.08. The van der Waals surface area contributed by atoms with Crippen molar-refractivity contribution in [3.8, 4) is 11.7 Å². The van der Waals surface area contributed by atoms with Crippen molar-refractivity contribution >= 4 is 21.9 Å². The van der Waals surface area contributed by atoms with E-state index in [0.717, 1.165) is 27.8 Å². The molecule has 0 amide bonds. The van der Waals surface area contributed by atoms with E-state index in [0.29, 0.717) is 19.1 Å². The number of halogens is 1. The summed E-state index contributed by atoms with van der Waals surface area (Å²) in [4.78, 5) is 9.30. The van der Waals surface area contributed by atoms with E-state index >= 15 is 0 Å². The predicted octanol–water partition coefficient (Wildman–Crippen LogP) is 3.94. The predicted molar refractivity (Wildman–Crippen MR) is 98.7 cm³/mol. The minimum atomic E-state index is -0.490. The van der Waals surface area contributed by atoms with Crippen molar-refractivity contribution in [2.75, 3.05) is 26.5 Å². The van der Waals surface area contributed by atoms with Crippen LogP contribution in [-0.4, -0.2) is 41.0 Å². The van der Waals surface area contributed by atoms with Gasteiger partial charge in [-0.1, -0.05) is 18.2 Å². The Balaban J connectivity index is 1.61. The third-order valence-electron chi connectivity index (χ3n) is 4.04. The number of alkyl halides is 1. The van der Waals surface area contributed by atoms with Crippen LogP contribution in [0.25, 0.3) is 27.8 Å². The van der Waals surface area contributed by atoms with Crippen LogP contribution in [0, 0.1) is 0 Å². The summed E-state index contributed by atoms with van der Waals surface area (Å²) >= 11 is 0. The lowest BCUT2D eigenvalue weighted by Crippen LogP contribution is -2.09. The zero-order valence-corrected chi connectivity index (χ0v) is 14.1. The van der Waals surface area contributed by atoms with Crippen LogP contribution in [0.1, 0.15) is 0 Å². The van der Waals surface area contributed by atoms with Gasteiger partial charge < -0.3 is 9.47 Å². The van der Waals surface area contributed by atoms with E-state index in [4.69, 9.17) is 14.5 Å². The largest absolute Gasteiger partial charge is 0.475 e. The fraction of sp³-hybridized carbons (Fsp3) is 0.200. The second kappa shape index (κ2) is 7.49. The topological polar surface area (TPSA) is 49.2 Å². The number of aromatic nitrogens is 3. The van der Waals surface area contributed by atoms with E-state index < -0.39 is 6.67 Å². The van der Waals surface area contributed by atoms with Gasteiger partial charge in [0.15, 0.2) is 0 Å². The molecule has 0 bridgehead atoms. The third-order valence-corrected chi connectivity index (χ3v) is 4.04. The summed E-state index contributed by atoms with van der Waals surface area (Å²) in [7, 11) is 0. The fourth-order valence-corrected chi connectivity index (χ4v) is 2.81. The molecule has 6 heteroatoms. The Morgan fingerprint density at radius 1 is 0.846 bits per heavy atom. The summed E-state index contributed by atoms with van der Waals surface area (Å²) in [5, 5.41) is 2.10. The van der Waals surface area contributed by atoms with Gasteiger partial charge in [-0.25, -0.2) is 9.37 Å². The van der Waals surface area contributed by atoms with Gasteiger partial charge in [0.1, 0.15) is 24.7 Å². The maximum absolute atomic E-state index is 12.0. The molecule has 4 aromatic rings. The molecule has 0 unspecified atom stereocenters. The first-order valence-electron chi connectivity index (χ1n) is 8.46. The fourth-order valence-electron chi connectivity index (χ4n) is 2.81. The second-order valence-corrected chi connectivity index (χ2v) is 5.76. The molecule has 26 heavy (non-hydrogen) atoms. The van der Waals surface area contributed by atoms with Crippen LogP contribution in [0.5, 0.6) is 5.88 Å². The molecule has 0 fully saturated rings. The summed E-state index contributed by atoms with van der Waals surface area (Å²) in [6.07, 6.45) is 1.95. The molecule has 3 heterocycles. The van der Waals surface area contributed by atoms with Crippen LogP contribution < -0.4 is 4.74 Å². The zero-order chi connectivity index (χ0) is 17.8. The number of pyridine rings is 2. The first-order valence-corrected chi connectivity index (χ1v) is 8.46. The van der Waals surface area contributed by atoms with Crippen molar-refractivity contribution in [1.82, 2.24) is 14.5 Å². The molecule has 0 aliphatic heterocycles. The van der Waals surface area contributed by atoms with Crippen LogP contribution in [0.15, 0.2) is 60.8 Å². The molecule has 0 aliphatic rings. The summed E-state index contributed by atoms with van der Waals surface area (Å²) in [6, 6.07) is 17.8. The summed E-state index contributed by atoms with van der Waals surface area (Å²) in [5.41, 5.74) is 1.71. The van der Waals surface area contributed by atoms with Crippen molar-refractivity contribution in [1.29, 1.82) is 0 Å². The van der Waals surface area contributed by atoms with Gasteiger partial charge in [-0.15, -0.1) is 0 Å². The summed E-state index contributed by atoms with van der Waals surface area (Å²) in [6.45, 7) is 0.257. The van der Waals surface area contributed by atoms with Gasteiger partial charge in [-0.05, 0) is 30.3 Å². The standard InChI is InChI=1S/C20H18FN3O2/c21-10-12-25-13-14-26-19-8-6-16-9-11-24(20(16)23-19)18-7-5-15-3-1-2-4-17(15)22-18/h1-9,11H,10,12-14H2. The third kappa shape index (κ3) is 3.36. The summed E-state index contributed by atoms with van der Waals surface area (Å²) < 4.78 is 24.6. The molecule has 0 atom stereocenters. The number of ether oxygens (including phenoxy) is 2. The SMILES string of the molecule is FCCOCCOc1ccc2ccn(-c3ccc4ccccc4n3)c2n1. The molecule has 0 saturated carbocycles. The molecule has 0 radical (unpaired) electrons. The molecule has 1 aromatic carbocycles. The highest BCUT2D eigenvalue weighted by Crippen LogP contribution is 2.22. The number of rotatable bonds is 7. The Labute approximate surface area is 150 Å². The molecule has 3 aromatic heterocycles. The number of hydrogen-bond donors (Lipinski definition) is 0. The van der Waals surface area contributed by atoms with E-state index in [1.807, 2.05) is 65.4 Å². The molecule has 0 spiro atoms. The Kier molecular flexibility index (Phi) is 4.75. The van der Waals surface area contributed by atoms with E-state index in [-0.39, 0.29) is 6.61 Å². The van der Waals surface area contributed by atoms with Crippen LogP contribution in [0.3, 0.4) is 0 Å². The monoisotopic (exact) mass is 351 g/mol. The zero-order valence-electron chi connectivity index (χ0n) is 14.1. The number of fused-ring (bicyclic) bond motifs is 2. The Bertz CT molecular complexity index is 1030. The molecular weight excluding hydrogens is 333 g/mol. The average Bonchev–Trinajstić information content (AvgIpc) is 3.11. The van der Waals surface area contributed by atoms with Crippen LogP contribution in [0.4, 0.5) is 4.39 Å². The number of nitrogens with zero attached hydrogens (tertiary/aromatic N) is 3. The van der Waals surface area contributed by atoms with Crippen molar-refractivity contribution in [2.24, 2.45) is 0 Å². The first kappa shape index (κ1) is 16.5. The second-order valence-electron chi connectivity index (χ2n) is 5.76. The van der Waals surface area contributed by atoms with E-state index in [2.05, 4.69) is 4.98 Å². The molecule has 5 nitrogen and oxygen atoms in total. The molecule has 132 valence electrons. The highest BCUT2D eigenvalue weighted by molar-refractivity contribution is 5.81. The highest BCUT2D eigenvalue weighted by atomic mass is 19.1. The Morgan fingerprint density at radius 2 is 1.73 bits per heavy atom. The number of para-hydroxylation sites is 1. The maximum Gasteiger partial charge on any atom is 0.215 e. The Morgan fingerprint density at radius 3 is 2.65 bits per heavy atom. The van der Waals surface area contributed by atoms with Crippen molar-refractivity contribution in [3.63, 3.8) is 0 Å². The minimum absolute atomic E-state index is 0.0896. The quantitative estimate of drug-likeness (QED) is 0.473. The summed E-state index contributed by atoms with van der Waals surface area (Å²) in [5.74, 6) is 1.30. The molecule has 0 N–H and O–H groups in total. The van der Waals surface area contributed by atoms with Crippen LogP contribution >= 0.6 is 0 Å². The van der Waals surface area contributed by atoms with Gasteiger partial charge in [0, 0.05) is 23.0 Å². The van der Waals surface area contributed by atoms with Gasteiger partial charge in [0.2, 0.25) is 5.88 Å². The lowest BCUT2D eigenvalue weighted by atomic mass is 10.2. The van der Waals surface area contributed by atoms with Crippen molar-refractivity contribution < 1.29 is 13.9 Å². The lowest BCUT2D eigenvalue weighted by molar-refractivity contribution is 0.0884.